The summed E-state index contributed by atoms with van der Waals surface area (Å²) in [5.41, 5.74) is -1.51. The highest BCUT2D eigenvalue weighted by molar-refractivity contribution is 6.06. The van der Waals surface area contributed by atoms with Gasteiger partial charge in [-0.05, 0) is 43.7 Å². The van der Waals surface area contributed by atoms with Crippen LogP contribution in [-0.4, -0.2) is 26.2 Å². The van der Waals surface area contributed by atoms with Crippen LogP contribution in [0.5, 0.6) is 5.75 Å². The number of para-hydroxylation sites is 1. The number of hydrogen-bond acceptors (Lipinski definition) is 4. The molecule has 10 heteroatoms. The summed E-state index contributed by atoms with van der Waals surface area (Å²) in [6.45, 7) is 3.71. The maximum atomic E-state index is 15.2. The van der Waals surface area contributed by atoms with Crippen molar-refractivity contribution in [3.63, 3.8) is 0 Å². The zero-order valence-corrected chi connectivity index (χ0v) is 18.4. The molecular formula is C24H21F3N4O3. The van der Waals surface area contributed by atoms with E-state index in [0.29, 0.717) is 12.1 Å². The van der Waals surface area contributed by atoms with Crippen molar-refractivity contribution in [2.24, 2.45) is 0 Å². The minimum Gasteiger partial charge on any atom is -0.490 e. The maximum Gasteiger partial charge on any atom is 0.355 e. The molecule has 2 aromatic heterocycles. The number of carbonyl (C=O) groups is 1. The number of rotatable bonds is 7. The third kappa shape index (κ3) is 4.39. The molecule has 176 valence electrons. The predicted octanol–water partition coefficient (Wildman–Crippen LogP) is 4.72. The zero-order valence-electron chi connectivity index (χ0n) is 18.4. The summed E-state index contributed by atoms with van der Waals surface area (Å²) in [4.78, 5) is 25.7. The van der Waals surface area contributed by atoms with Crippen LogP contribution in [-0.2, 0) is 0 Å². The molecule has 1 N–H and O–H groups in total. The van der Waals surface area contributed by atoms with Crippen LogP contribution in [0.25, 0.3) is 11.3 Å². The number of benzene rings is 2. The number of carbonyl (C=O) groups excluding carboxylic acids is 1. The van der Waals surface area contributed by atoms with E-state index in [-0.39, 0.29) is 23.1 Å². The first-order valence-electron chi connectivity index (χ1n) is 10.6. The molecule has 0 aliphatic rings. The lowest BCUT2D eigenvalue weighted by Gasteiger charge is -2.18. The lowest BCUT2D eigenvalue weighted by Crippen LogP contribution is -2.22. The van der Waals surface area contributed by atoms with E-state index in [2.05, 4.69) is 10.4 Å². The van der Waals surface area contributed by atoms with Gasteiger partial charge in [0.2, 0.25) is 0 Å². The fourth-order valence-electron chi connectivity index (χ4n) is 3.54. The molecule has 34 heavy (non-hydrogen) atoms. The predicted molar refractivity (Wildman–Crippen MR) is 120 cm³/mol. The van der Waals surface area contributed by atoms with Gasteiger partial charge in [-0.15, -0.1) is 5.10 Å². The van der Waals surface area contributed by atoms with E-state index in [9.17, 15) is 18.4 Å². The number of nitrogens with zero attached hydrogens (tertiary/aromatic N) is 3. The first-order chi connectivity index (χ1) is 16.3. The molecule has 1 unspecified atom stereocenters. The molecule has 0 bridgehead atoms. The summed E-state index contributed by atoms with van der Waals surface area (Å²) in [5.74, 6) is -3.95. The Morgan fingerprint density at radius 1 is 1.09 bits per heavy atom. The van der Waals surface area contributed by atoms with Crippen molar-refractivity contribution in [3.8, 4) is 11.4 Å². The molecule has 0 aliphatic heterocycles. The van der Waals surface area contributed by atoms with Gasteiger partial charge in [0, 0.05) is 12.3 Å². The Labute approximate surface area is 192 Å². The number of pyridine rings is 1. The van der Waals surface area contributed by atoms with Gasteiger partial charge in [0.1, 0.15) is 34.6 Å². The van der Waals surface area contributed by atoms with Crippen LogP contribution < -0.4 is 15.7 Å². The van der Waals surface area contributed by atoms with Gasteiger partial charge < -0.3 is 10.1 Å². The number of aromatic nitrogens is 3. The van der Waals surface area contributed by atoms with E-state index in [1.54, 1.807) is 25.1 Å². The Kier molecular flexibility index (Phi) is 6.40. The number of halogens is 3. The molecule has 0 aliphatic carbocycles. The lowest BCUT2D eigenvalue weighted by atomic mass is 10.1. The van der Waals surface area contributed by atoms with Crippen LogP contribution >= 0.6 is 0 Å². The third-order valence-corrected chi connectivity index (χ3v) is 5.17. The lowest BCUT2D eigenvalue weighted by molar-refractivity contribution is 0.101. The average Bonchev–Trinajstić information content (AvgIpc) is 3.14. The number of hydrogen-bond donors (Lipinski definition) is 1. The molecule has 4 rings (SSSR count). The van der Waals surface area contributed by atoms with Crippen molar-refractivity contribution >= 4 is 17.2 Å². The third-order valence-electron chi connectivity index (χ3n) is 5.17. The van der Waals surface area contributed by atoms with Crippen LogP contribution in [0.1, 0.15) is 37.0 Å². The Balaban J connectivity index is 1.81. The fraction of sp³-hybridized carbons (Fsp3) is 0.208. The largest absolute Gasteiger partial charge is 0.490 e. The Morgan fingerprint density at radius 2 is 1.82 bits per heavy atom. The minimum atomic E-state index is -0.983. The number of nitrogens with one attached hydrogen (secondary N) is 1. The van der Waals surface area contributed by atoms with E-state index in [4.69, 9.17) is 4.74 Å². The smallest absolute Gasteiger partial charge is 0.355 e. The van der Waals surface area contributed by atoms with Gasteiger partial charge >= 0.3 is 5.69 Å². The molecule has 7 nitrogen and oxygen atoms in total. The van der Waals surface area contributed by atoms with E-state index < -0.39 is 34.7 Å². The Bertz CT molecular complexity index is 1410. The normalized spacial score (nSPS) is 12.0. The molecule has 2 aromatic carbocycles. The van der Waals surface area contributed by atoms with Crippen LogP contribution in [0.15, 0.2) is 59.5 Å². The monoisotopic (exact) mass is 470 g/mol. The van der Waals surface area contributed by atoms with E-state index in [1.807, 2.05) is 6.92 Å². The summed E-state index contributed by atoms with van der Waals surface area (Å²) in [6.07, 6.45) is 2.54. The van der Waals surface area contributed by atoms with Crippen molar-refractivity contribution in [1.82, 2.24) is 14.2 Å². The molecule has 1 atom stereocenters. The molecule has 4 aromatic rings. The van der Waals surface area contributed by atoms with Gasteiger partial charge in [-0.25, -0.2) is 22.4 Å². The zero-order chi connectivity index (χ0) is 24.4. The van der Waals surface area contributed by atoms with Crippen molar-refractivity contribution in [2.75, 3.05) is 5.32 Å². The van der Waals surface area contributed by atoms with Crippen molar-refractivity contribution in [2.45, 2.75) is 32.8 Å². The second-order valence-corrected chi connectivity index (χ2v) is 7.69. The van der Waals surface area contributed by atoms with Crippen molar-refractivity contribution in [3.05, 3.63) is 88.2 Å². The highest BCUT2D eigenvalue weighted by Gasteiger charge is 2.23. The van der Waals surface area contributed by atoms with Gasteiger partial charge in [0.05, 0.1) is 11.7 Å². The number of fused-ring (bicyclic) bond motifs is 1. The van der Waals surface area contributed by atoms with Crippen LogP contribution in [0.4, 0.5) is 18.9 Å². The molecule has 0 spiro atoms. The summed E-state index contributed by atoms with van der Waals surface area (Å²) in [6, 6.07) is 10.1. The summed E-state index contributed by atoms with van der Waals surface area (Å²) < 4.78 is 51.2. The maximum absolute atomic E-state index is 15.2. The standard InChI is InChI=1S/C24H21F3N4O3/c1-3-7-14(2)34-20-13-19(31-24(33)30-11-5-4-10-21(30)29-31)18(27)12-15(20)23(32)28-22-16(25)8-6-9-17(22)26/h4-6,8-14H,3,7H2,1-2H3,(H,28,32). The van der Waals surface area contributed by atoms with Gasteiger partial charge in [-0.3, -0.25) is 4.79 Å². The second kappa shape index (κ2) is 9.42. The van der Waals surface area contributed by atoms with E-state index >= 15 is 4.39 Å². The first kappa shape index (κ1) is 23.1. The number of amides is 1. The van der Waals surface area contributed by atoms with Gasteiger partial charge in [-0.1, -0.05) is 25.5 Å². The highest BCUT2D eigenvalue weighted by Crippen LogP contribution is 2.29. The highest BCUT2D eigenvalue weighted by atomic mass is 19.1. The number of ether oxygens (including phenoxy) is 1. The van der Waals surface area contributed by atoms with Gasteiger partial charge in [0.15, 0.2) is 5.65 Å². The van der Waals surface area contributed by atoms with Gasteiger partial charge in [0.25, 0.3) is 5.91 Å². The average molecular weight is 470 g/mol. The summed E-state index contributed by atoms with van der Waals surface area (Å²) in [7, 11) is 0. The molecule has 0 saturated carbocycles. The second-order valence-electron chi connectivity index (χ2n) is 7.69. The topological polar surface area (TPSA) is 77.6 Å². The SMILES string of the molecule is CCCC(C)Oc1cc(-n2nc3ccccn3c2=O)c(F)cc1C(=O)Nc1c(F)cccc1F. The fourth-order valence-corrected chi connectivity index (χ4v) is 3.54. The first-order valence-corrected chi connectivity index (χ1v) is 10.6. The van der Waals surface area contributed by atoms with Gasteiger partial charge in [-0.2, -0.15) is 4.68 Å². The van der Waals surface area contributed by atoms with E-state index in [1.165, 1.54) is 16.7 Å². The number of anilines is 1. The van der Waals surface area contributed by atoms with Crippen LogP contribution in [0.3, 0.4) is 0 Å². The molecule has 2 heterocycles. The minimum absolute atomic E-state index is 0.0597. The molecule has 0 fully saturated rings. The Morgan fingerprint density at radius 3 is 2.50 bits per heavy atom. The molecule has 1 amide bonds. The Hall–Kier alpha value is -4.08. The molecular weight excluding hydrogens is 449 g/mol. The molecule has 0 saturated heterocycles. The van der Waals surface area contributed by atoms with Crippen molar-refractivity contribution < 1.29 is 22.7 Å². The van der Waals surface area contributed by atoms with Crippen molar-refractivity contribution in [1.29, 1.82) is 0 Å². The quantitative estimate of drug-likeness (QED) is 0.424. The summed E-state index contributed by atoms with van der Waals surface area (Å²) >= 11 is 0. The van der Waals surface area contributed by atoms with Crippen LogP contribution in [0, 0.1) is 17.5 Å². The molecule has 0 radical (unpaired) electrons. The van der Waals surface area contributed by atoms with E-state index in [0.717, 1.165) is 35.4 Å². The van der Waals surface area contributed by atoms with Crippen LogP contribution in [0.2, 0.25) is 0 Å². The summed E-state index contributed by atoms with van der Waals surface area (Å²) in [5, 5.41) is 6.27.